The Kier molecular flexibility index (Phi) is 20.8. The Balaban J connectivity index is 0.000000208. The van der Waals surface area contributed by atoms with E-state index in [-0.39, 0.29) is 76.6 Å². The van der Waals surface area contributed by atoms with E-state index in [1.807, 2.05) is 72.5 Å². The number of rotatable bonds is 7. The van der Waals surface area contributed by atoms with E-state index in [0.29, 0.717) is 0 Å². The Bertz CT molecular complexity index is 3470. The smallest absolute Gasteiger partial charge is 0.140 e. The molecule has 78 heavy (non-hydrogen) atoms. The van der Waals surface area contributed by atoms with E-state index >= 15 is 0 Å². The molecule has 1 aliphatic rings. The SMILES string of the molecule is CC(C)(C)c1ccc(-c2cc(-c3ccc(C(C)(C)C)cc3)cc(-c3cc[c-]c(-c4ccccn4)c3)c2)cc1.CC(C)(C)c1ccc2nc3c(cc2c1)CCc1ccc[c-]c1-3.CCCc1nc(-c2[c-]cccc2)n(C)n1.[Ir].[Ir].[Ir]. The molecule has 0 aliphatic heterocycles. The predicted octanol–water partition coefficient (Wildman–Crippen LogP) is 17.5. The van der Waals surface area contributed by atoms with Crippen LogP contribution in [0.2, 0.25) is 0 Å². The molecule has 0 N–H and O–H groups in total. The molecule has 7 aromatic carbocycles. The minimum absolute atomic E-state index is 0. The maximum absolute atomic E-state index is 4.95. The summed E-state index contributed by atoms with van der Waals surface area (Å²) in [5.41, 5.74) is 20.7. The van der Waals surface area contributed by atoms with Crippen molar-refractivity contribution >= 4 is 10.9 Å². The van der Waals surface area contributed by atoms with E-state index in [2.05, 4.69) is 218 Å². The molecule has 1 aliphatic carbocycles. The molecule has 0 bridgehead atoms. The molecule has 3 radical (unpaired) electrons. The first-order valence-electron chi connectivity index (χ1n) is 26.5. The first kappa shape index (κ1) is 61.4. The van der Waals surface area contributed by atoms with Crippen molar-refractivity contribution in [2.24, 2.45) is 7.05 Å². The van der Waals surface area contributed by atoms with E-state index < -0.39 is 0 Å². The van der Waals surface area contributed by atoms with Crippen molar-refractivity contribution in [1.82, 2.24) is 24.7 Å². The van der Waals surface area contributed by atoms with Gasteiger partial charge in [-0.2, -0.15) is 5.10 Å². The Labute approximate surface area is 505 Å². The molecule has 11 rings (SSSR count). The second kappa shape index (κ2) is 26.4. The van der Waals surface area contributed by atoms with Crippen LogP contribution in [0, 0.1) is 18.2 Å². The van der Waals surface area contributed by atoms with Crippen LogP contribution >= 0.6 is 0 Å². The van der Waals surface area contributed by atoms with Gasteiger partial charge in [-0.3, -0.25) is 14.6 Å². The molecule has 0 unspecified atom stereocenters. The number of hydrogen-bond acceptors (Lipinski definition) is 4. The summed E-state index contributed by atoms with van der Waals surface area (Å²) < 4.78 is 1.82. The quantitative estimate of drug-likeness (QED) is 0.149. The van der Waals surface area contributed by atoms with Gasteiger partial charge in [-0.1, -0.05) is 154 Å². The fourth-order valence-corrected chi connectivity index (χ4v) is 9.57. The van der Waals surface area contributed by atoms with Gasteiger partial charge >= 0.3 is 0 Å². The van der Waals surface area contributed by atoms with Crippen LogP contribution < -0.4 is 0 Å². The molecule has 0 fully saturated rings. The summed E-state index contributed by atoms with van der Waals surface area (Å²) in [4.78, 5) is 14.0. The molecule has 5 nitrogen and oxygen atoms in total. The molecule has 0 atom stereocenters. The fourth-order valence-electron chi connectivity index (χ4n) is 9.57. The van der Waals surface area contributed by atoms with Crippen LogP contribution in [0.1, 0.15) is 109 Å². The largest absolute Gasteiger partial charge is 0.305 e. The van der Waals surface area contributed by atoms with Crippen molar-refractivity contribution in [3.05, 3.63) is 228 Å². The maximum atomic E-state index is 4.95. The summed E-state index contributed by atoms with van der Waals surface area (Å²) in [6, 6.07) is 70.3. The maximum Gasteiger partial charge on any atom is 0.140 e. The van der Waals surface area contributed by atoms with Gasteiger partial charge in [-0.15, -0.1) is 107 Å². The molecule has 0 saturated carbocycles. The van der Waals surface area contributed by atoms with Crippen LogP contribution in [0.4, 0.5) is 0 Å². The number of nitrogens with zero attached hydrogens (tertiary/aromatic N) is 5. The normalized spacial score (nSPS) is 11.7. The van der Waals surface area contributed by atoms with Gasteiger partial charge in [0.1, 0.15) is 5.82 Å². The second-order valence-electron chi connectivity index (χ2n) is 22.9. The van der Waals surface area contributed by atoms with Crippen LogP contribution in [0.15, 0.2) is 176 Å². The van der Waals surface area contributed by atoms with Crippen molar-refractivity contribution in [1.29, 1.82) is 0 Å². The Hall–Kier alpha value is -5.81. The number of benzene rings is 7. The second-order valence-corrected chi connectivity index (χ2v) is 22.9. The summed E-state index contributed by atoms with van der Waals surface area (Å²) in [6.07, 6.45) is 5.99. The first-order chi connectivity index (χ1) is 35.9. The topological polar surface area (TPSA) is 56.5 Å². The van der Waals surface area contributed by atoms with E-state index in [1.165, 1.54) is 66.6 Å². The number of hydrogen-bond donors (Lipinski definition) is 0. The summed E-state index contributed by atoms with van der Waals surface area (Å²) in [6.45, 7) is 22.4. The Morgan fingerprint density at radius 1 is 0.487 bits per heavy atom. The van der Waals surface area contributed by atoms with Crippen molar-refractivity contribution in [2.45, 2.75) is 111 Å². The summed E-state index contributed by atoms with van der Waals surface area (Å²) in [5.74, 6) is 1.80. The first-order valence-corrected chi connectivity index (χ1v) is 26.5. The number of aryl methyl sites for hydroxylation is 4. The van der Waals surface area contributed by atoms with Gasteiger partial charge in [0.2, 0.25) is 0 Å². The third-order valence-electron chi connectivity index (χ3n) is 14.0. The summed E-state index contributed by atoms with van der Waals surface area (Å²) in [5, 5.41) is 5.62. The fraction of sp³-hybridized carbons (Fsp3) is 0.257. The average molecular weight is 1560 g/mol. The standard InChI is InChI=1S/C37H36N.C21H20N.C12H14N3.3Ir/c1-36(2,3)33-17-13-26(14-18-33)30-23-31(27-15-19-34(20-16-27)37(4,5)6)25-32(24-30)28-10-9-11-29(22-28)35-12-7-8-21-38-35;1-21(2,3)17-10-11-19-16(13-17)12-15-9-8-14-6-4-5-7-18(14)20(15)22-19;1-3-7-11-13-12(15(2)14-11)10-8-5-4-6-9-10;;;/h7-10,12-25H,1-6H3;4-6,10-13H,8-9H2,1-3H3;4-6,8H,3,7H2,1-2H3;;;/q3*-1;;;. The molecule has 3 aromatic heterocycles. The van der Waals surface area contributed by atoms with E-state index in [4.69, 9.17) is 4.98 Å². The van der Waals surface area contributed by atoms with Gasteiger partial charge < -0.3 is 4.98 Å². The minimum atomic E-state index is 0. The Morgan fingerprint density at radius 3 is 1.64 bits per heavy atom. The molecule has 10 aromatic rings. The third kappa shape index (κ3) is 14.9. The molecule has 8 heteroatoms. The van der Waals surface area contributed by atoms with Crippen LogP contribution in [0.5, 0.6) is 0 Å². The van der Waals surface area contributed by atoms with E-state index in [9.17, 15) is 0 Å². The van der Waals surface area contributed by atoms with Gasteiger partial charge in [0, 0.05) is 80.0 Å². The van der Waals surface area contributed by atoms with Gasteiger partial charge in [0.05, 0.1) is 11.3 Å². The Morgan fingerprint density at radius 2 is 1.06 bits per heavy atom. The zero-order valence-electron chi connectivity index (χ0n) is 46.8. The van der Waals surface area contributed by atoms with Gasteiger partial charge in [0.15, 0.2) is 0 Å². The summed E-state index contributed by atoms with van der Waals surface area (Å²) >= 11 is 0. The zero-order valence-corrected chi connectivity index (χ0v) is 54.0. The van der Waals surface area contributed by atoms with E-state index in [0.717, 1.165) is 70.9 Å². The number of fused-ring (bicyclic) bond motifs is 4. The average Bonchev–Trinajstić information content (AvgIpc) is 3.83. The molecular weight excluding hydrogens is 1490 g/mol. The van der Waals surface area contributed by atoms with E-state index in [1.54, 1.807) is 0 Å². The molecule has 0 saturated heterocycles. The number of pyridine rings is 2. The third-order valence-corrected chi connectivity index (χ3v) is 14.0. The number of aromatic nitrogens is 5. The predicted molar refractivity (Wildman–Crippen MR) is 314 cm³/mol. The van der Waals surface area contributed by atoms with Gasteiger partial charge in [0.25, 0.3) is 0 Å². The monoisotopic (exact) mass is 1560 g/mol. The molecule has 0 amide bonds. The molecule has 405 valence electrons. The van der Waals surface area contributed by atoms with Crippen molar-refractivity contribution in [2.75, 3.05) is 0 Å². The van der Waals surface area contributed by atoms with Gasteiger partial charge in [-0.05, 0) is 127 Å². The van der Waals surface area contributed by atoms with Crippen LogP contribution in [0.3, 0.4) is 0 Å². The van der Waals surface area contributed by atoms with Gasteiger partial charge in [-0.25, -0.2) is 0 Å². The van der Waals surface area contributed by atoms with Crippen LogP contribution in [-0.2, 0) is 103 Å². The minimum Gasteiger partial charge on any atom is -0.305 e. The molecule has 0 spiro atoms. The van der Waals surface area contributed by atoms with Crippen LogP contribution in [0.25, 0.3) is 78.2 Å². The van der Waals surface area contributed by atoms with Crippen LogP contribution in [-0.4, -0.2) is 24.7 Å². The molecular formula is C70H70Ir3N5-3. The van der Waals surface area contributed by atoms with Crippen molar-refractivity contribution in [3.63, 3.8) is 0 Å². The van der Waals surface area contributed by atoms with Crippen molar-refractivity contribution in [3.8, 4) is 67.3 Å². The summed E-state index contributed by atoms with van der Waals surface area (Å²) in [7, 11) is 1.92. The van der Waals surface area contributed by atoms with Crippen molar-refractivity contribution < 1.29 is 60.3 Å². The zero-order chi connectivity index (χ0) is 52.9. The molecule has 3 heterocycles.